The molecule has 132 valence electrons. The fourth-order valence-electron chi connectivity index (χ4n) is 2.17. The van der Waals surface area contributed by atoms with Crippen LogP contribution in [0.25, 0.3) is 0 Å². The number of benzene rings is 2. The number of esters is 1. The maximum Gasteiger partial charge on any atom is 0.337 e. The summed E-state index contributed by atoms with van der Waals surface area (Å²) in [5.74, 6) is -0.256. The third-order valence-corrected chi connectivity index (χ3v) is 4.01. The number of hydrogen-bond donors (Lipinski definition) is 1. The Labute approximate surface area is 155 Å². The van der Waals surface area contributed by atoms with Gasteiger partial charge in [0.2, 0.25) is 0 Å². The molecule has 2 aromatic carbocycles. The second-order valence-corrected chi connectivity index (χ2v) is 6.10. The van der Waals surface area contributed by atoms with Gasteiger partial charge in [0.15, 0.2) is 6.61 Å². The Morgan fingerprint density at radius 3 is 2.40 bits per heavy atom. The molecule has 0 aliphatic rings. The number of nitrogens with one attached hydrogen (secondary N) is 1. The third kappa shape index (κ3) is 5.37. The molecule has 1 atom stereocenters. The first-order chi connectivity index (χ1) is 11.9. The lowest BCUT2D eigenvalue weighted by molar-refractivity contribution is -0.123. The van der Waals surface area contributed by atoms with Crippen LogP contribution in [0.3, 0.4) is 0 Å². The predicted octanol–water partition coefficient (Wildman–Crippen LogP) is 4.04. The van der Waals surface area contributed by atoms with Gasteiger partial charge in [-0.2, -0.15) is 0 Å². The van der Waals surface area contributed by atoms with Crippen LogP contribution in [0.2, 0.25) is 10.0 Å². The molecule has 0 radical (unpaired) electrons. The Morgan fingerprint density at radius 1 is 1.12 bits per heavy atom. The summed E-state index contributed by atoms with van der Waals surface area (Å²) in [7, 11) is 1.31. The van der Waals surface area contributed by atoms with Gasteiger partial charge >= 0.3 is 5.97 Å². The maximum atomic E-state index is 12.0. The van der Waals surface area contributed by atoms with Crippen molar-refractivity contribution in [3.63, 3.8) is 0 Å². The summed E-state index contributed by atoms with van der Waals surface area (Å²) in [5.41, 5.74) is 1.17. The summed E-state index contributed by atoms with van der Waals surface area (Å²) in [5, 5.41) is 3.82. The number of hydrogen-bond acceptors (Lipinski definition) is 4. The summed E-state index contributed by atoms with van der Waals surface area (Å²) in [6.07, 6.45) is 0. The van der Waals surface area contributed by atoms with E-state index in [2.05, 4.69) is 10.1 Å². The van der Waals surface area contributed by atoms with Crippen molar-refractivity contribution in [3.8, 4) is 5.75 Å². The van der Waals surface area contributed by atoms with E-state index in [1.807, 2.05) is 6.92 Å². The van der Waals surface area contributed by atoms with E-state index in [0.717, 1.165) is 5.56 Å². The first-order valence-corrected chi connectivity index (χ1v) is 8.21. The minimum Gasteiger partial charge on any atom is -0.484 e. The highest BCUT2D eigenvalue weighted by Crippen LogP contribution is 2.26. The molecular weight excluding hydrogens is 365 g/mol. The molecule has 2 rings (SSSR count). The van der Waals surface area contributed by atoms with Crippen LogP contribution in [0, 0.1) is 0 Å². The van der Waals surface area contributed by atoms with Crippen LogP contribution in [-0.2, 0) is 9.53 Å². The highest BCUT2D eigenvalue weighted by molar-refractivity contribution is 6.35. The largest absolute Gasteiger partial charge is 0.484 e. The highest BCUT2D eigenvalue weighted by atomic mass is 35.5. The van der Waals surface area contributed by atoms with Gasteiger partial charge in [-0.15, -0.1) is 0 Å². The molecule has 2 aromatic rings. The minimum absolute atomic E-state index is 0.160. The molecule has 0 aliphatic heterocycles. The second kappa shape index (κ2) is 8.74. The molecule has 0 aliphatic carbocycles. The number of ether oxygens (including phenoxy) is 2. The standard InChI is InChI=1S/C18H17Cl2NO4/c1-11(15-8-5-13(19)9-16(15)20)21-17(22)10-25-14-6-3-12(4-7-14)18(23)24-2/h3-9,11H,10H2,1-2H3,(H,21,22). The van der Waals surface area contributed by atoms with Crippen LogP contribution < -0.4 is 10.1 Å². The Morgan fingerprint density at radius 2 is 1.80 bits per heavy atom. The van der Waals surface area contributed by atoms with E-state index in [9.17, 15) is 9.59 Å². The van der Waals surface area contributed by atoms with E-state index in [4.69, 9.17) is 27.9 Å². The molecule has 0 heterocycles. The highest BCUT2D eigenvalue weighted by Gasteiger charge is 2.13. The van der Waals surface area contributed by atoms with Crippen molar-refractivity contribution in [2.24, 2.45) is 0 Å². The fourth-order valence-corrected chi connectivity index (χ4v) is 2.74. The predicted molar refractivity (Wildman–Crippen MR) is 96.3 cm³/mol. The number of methoxy groups -OCH3 is 1. The quantitative estimate of drug-likeness (QED) is 0.766. The van der Waals surface area contributed by atoms with Gasteiger partial charge in [0.1, 0.15) is 5.75 Å². The van der Waals surface area contributed by atoms with E-state index in [0.29, 0.717) is 21.4 Å². The third-order valence-electron chi connectivity index (χ3n) is 3.45. The number of halogens is 2. The number of rotatable bonds is 6. The van der Waals surface area contributed by atoms with E-state index in [-0.39, 0.29) is 18.6 Å². The molecule has 0 bridgehead atoms. The van der Waals surface area contributed by atoms with E-state index in [1.165, 1.54) is 7.11 Å². The van der Waals surface area contributed by atoms with Gasteiger partial charge in [0, 0.05) is 10.0 Å². The average molecular weight is 382 g/mol. The van der Waals surface area contributed by atoms with Gasteiger partial charge < -0.3 is 14.8 Å². The Bertz CT molecular complexity index is 762. The Kier molecular flexibility index (Phi) is 6.67. The Balaban J connectivity index is 1.88. The first-order valence-electron chi connectivity index (χ1n) is 7.46. The minimum atomic E-state index is -0.432. The number of carbonyl (C=O) groups is 2. The van der Waals surface area contributed by atoms with Gasteiger partial charge in [0.25, 0.3) is 5.91 Å². The van der Waals surface area contributed by atoms with Gasteiger partial charge in [0.05, 0.1) is 18.7 Å². The molecule has 1 N–H and O–H groups in total. The number of amides is 1. The molecule has 0 aromatic heterocycles. The van der Waals surface area contributed by atoms with Crippen LogP contribution in [0.5, 0.6) is 5.75 Å². The van der Waals surface area contributed by atoms with Crippen LogP contribution in [0.15, 0.2) is 42.5 Å². The molecule has 7 heteroatoms. The molecule has 0 saturated carbocycles. The lowest BCUT2D eigenvalue weighted by Gasteiger charge is -2.16. The van der Waals surface area contributed by atoms with Gasteiger partial charge in [-0.25, -0.2) is 4.79 Å². The van der Waals surface area contributed by atoms with Crippen molar-refractivity contribution in [2.45, 2.75) is 13.0 Å². The smallest absolute Gasteiger partial charge is 0.337 e. The van der Waals surface area contributed by atoms with Crippen molar-refractivity contribution in [1.82, 2.24) is 5.32 Å². The van der Waals surface area contributed by atoms with E-state index >= 15 is 0 Å². The summed E-state index contributed by atoms with van der Waals surface area (Å²) >= 11 is 12.0. The molecule has 1 unspecified atom stereocenters. The molecule has 0 fully saturated rings. The normalized spacial score (nSPS) is 11.5. The SMILES string of the molecule is COC(=O)c1ccc(OCC(=O)NC(C)c2ccc(Cl)cc2Cl)cc1. The molecule has 5 nitrogen and oxygen atoms in total. The zero-order valence-corrected chi connectivity index (χ0v) is 15.2. The summed E-state index contributed by atoms with van der Waals surface area (Å²) in [6.45, 7) is 1.66. The van der Waals surface area contributed by atoms with Crippen molar-refractivity contribution in [1.29, 1.82) is 0 Å². The van der Waals surface area contributed by atoms with E-state index < -0.39 is 5.97 Å². The van der Waals surface area contributed by atoms with Crippen LogP contribution in [0.1, 0.15) is 28.9 Å². The zero-order valence-electron chi connectivity index (χ0n) is 13.7. The average Bonchev–Trinajstić information content (AvgIpc) is 2.59. The zero-order chi connectivity index (χ0) is 18.4. The maximum absolute atomic E-state index is 12.0. The summed E-state index contributed by atoms with van der Waals surface area (Å²) in [4.78, 5) is 23.4. The fraction of sp³-hybridized carbons (Fsp3) is 0.222. The van der Waals surface area contributed by atoms with Crippen LogP contribution >= 0.6 is 23.2 Å². The van der Waals surface area contributed by atoms with E-state index in [1.54, 1.807) is 42.5 Å². The Hall–Kier alpha value is -2.24. The number of carbonyl (C=O) groups excluding carboxylic acids is 2. The summed E-state index contributed by atoms with van der Waals surface area (Å²) in [6, 6.07) is 11.1. The summed E-state index contributed by atoms with van der Waals surface area (Å²) < 4.78 is 10.0. The lowest BCUT2D eigenvalue weighted by atomic mass is 10.1. The van der Waals surface area contributed by atoms with Gasteiger partial charge in [-0.3, -0.25) is 4.79 Å². The van der Waals surface area contributed by atoms with Crippen LogP contribution in [0.4, 0.5) is 0 Å². The molecule has 25 heavy (non-hydrogen) atoms. The second-order valence-electron chi connectivity index (χ2n) is 5.26. The topological polar surface area (TPSA) is 64.6 Å². The van der Waals surface area contributed by atoms with Crippen molar-refractivity contribution >= 4 is 35.1 Å². The molecule has 0 spiro atoms. The lowest BCUT2D eigenvalue weighted by Crippen LogP contribution is -2.31. The van der Waals surface area contributed by atoms with Crippen LogP contribution in [-0.4, -0.2) is 25.6 Å². The molecule has 0 saturated heterocycles. The van der Waals surface area contributed by atoms with Gasteiger partial charge in [-0.05, 0) is 48.9 Å². The first kappa shape index (κ1) is 19.1. The molecule has 1 amide bonds. The monoisotopic (exact) mass is 381 g/mol. The van der Waals surface area contributed by atoms with Crippen molar-refractivity contribution in [3.05, 3.63) is 63.6 Å². The molecular formula is C18H17Cl2NO4. The van der Waals surface area contributed by atoms with Crippen molar-refractivity contribution in [2.75, 3.05) is 13.7 Å². The van der Waals surface area contributed by atoms with Gasteiger partial charge in [-0.1, -0.05) is 29.3 Å². The van der Waals surface area contributed by atoms with Crippen molar-refractivity contribution < 1.29 is 19.1 Å².